The van der Waals surface area contributed by atoms with Crippen LogP contribution in [0.25, 0.3) is 0 Å². The van der Waals surface area contributed by atoms with Gasteiger partial charge >= 0.3 is 0 Å². The second-order valence-corrected chi connectivity index (χ2v) is 5.56. The van der Waals surface area contributed by atoms with E-state index in [-0.39, 0.29) is 5.82 Å². The van der Waals surface area contributed by atoms with Crippen LogP contribution in [0.1, 0.15) is 32.8 Å². The quantitative estimate of drug-likeness (QED) is 0.730. The Labute approximate surface area is 115 Å². The molecule has 1 rings (SSSR count). The molecule has 102 valence electrons. The van der Waals surface area contributed by atoms with Crippen molar-refractivity contribution in [1.29, 1.82) is 0 Å². The number of hydrogen-bond donors (Lipinski definition) is 1. The first kappa shape index (κ1) is 15.5. The van der Waals surface area contributed by atoms with Gasteiger partial charge in [0.15, 0.2) is 0 Å². The molecule has 0 radical (unpaired) electrons. The SMILES string of the molecule is CCCNCC(Cc1ccc(F)cc1Cl)C(C)C. The van der Waals surface area contributed by atoms with Crippen molar-refractivity contribution in [1.82, 2.24) is 5.32 Å². The molecule has 1 nitrogen and oxygen atoms in total. The van der Waals surface area contributed by atoms with Gasteiger partial charge in [0.25, 0.3) is 0 Å². The van der Waals surface area contributed by atoms with Crippen molar-refractivity contribution in [3.05, 3.63) is 34.6 Å². The zero-order valence-corrected chi connectivity index (χ0v) is 12.2. The topological polar surface area (TPSA) is 12.0 Å². The van der Waals surface area contributed by atoms with Crippen LogP contribution in [0.15, 0.2) is 18.2 Å². The van der Waals surface area contributed by atoms with Crippen LogP contribution in [0.5, 0.6) is 0 Å². The van der Waals surface area contributed by atoms with Gasteiger partial charge < -0.3 is 5.32 Å². The lowest BCUT2D eigenvalue weighted by Gasteiger charge is -2.22. The lowest BCUT2D eigenvalue weighted by atomic mass is 9.89. The molecule has 0 spiro atoms. The molecule has 18 heavy (non-hydrogen) atoms. The minimum atomic E-state index is -0.269. The fourth-order valence-corrected chi connectivity index (χ4v) is 2.22. The highest BCUT2D eigenvalue weighted by atomic mass is 35.5. The molecular weight excluding hydrogens is 249 g/mol. The Hall–Kier alpha value is -0.600. The summed E-state index contributed by atoms with van der Waals surface area (Å²) in [6.45, 7) is 8.62. The van der Waals surface area contributed by atoms with Crippen molar-refractivity contribution < 1.29 is 4.39 Å². The first-order chi connectivity index (χ1) is 8.54. The first-order valence-electron chi connectivity index (χ1n) is 6.69. The third-order valence-electron chi connectivity index (χ3n) is 3.27. The van der Waals surface area contributed by atoms with Gasteiger partial charge in [0, 0.05) is 5.02 Å². The summed E-state index contributed by atoms with van der Waals surface area (Å²) < 4.78 is 13.0. The molecule has 1 aromatic carbocycles. The average Bonchev–Trinajstić information content (AvgIpc) is 2.30. The molecule has 1 unspecified atom stereocenters. The number of halogens is 2. The Morgan fingerprint density at radius 3 is 2.61 bits per heavy atom. The van der Waals surface area contributed by atoms with Crippen LogP contribution in [-0.2, 0) is 6.42 Å². The lowest BCUT2D eigenvalue weighted by molar-refractivity contribution is 0.361. The van der Waals surface area contributed by atoms with Crippen LogP contribution >= 0.6 is 11.6 Å². The van der Waals surface area contributed by atoms with E-state index < -0.39 is 0 Å². The second-order valence-electron chi connectivity index (χ2n) is 5.15. The van der Waals surface area contributed by atoms with Gasteiger partial charge in [-0.1, -0.05) is 38.4 Å². The molecule has 0 aliphatic carbocycles. The Morgan fingerprint density at radius 1 is 1.33 bits per heavy atom. The summed E-state index contributed by atoms with van der Waals surface area (Å²) in [5.41, 5.74) is 1.04. The van der Waals surface area contributed by atoms with Gasteiger partial charge in [0.2, 0.25) is 0 Å². The summed E-state index contributed by atoms with van der Waals surface area (Å²) in [5.74, 6) is 0.837. The lowest BCUT2D eigenvalue weighted by Crippen LogP contribution is -2.28. The maximum absolute atomic E-state index is 13.0. The Kier molecular flexibility index (Phi) is 6.66. The van der Waals surface area contributed by atoms with Crippen LogP contribution in [0.2, 0.25) is 5.02 Å². The second kappa shape index (κ2) is 7.75. The first-order valence-corrected chi connectivity index (χ1v) is 7.07. The predicted molar refractivity (Wildman–Crippen MR) is 76.6 cm³/mol. The molecule has 0 saturated carbocycles. The number of benzene rings is 1. The van der Waals surface area contributed by atoms with Gasteiger partial charge in [-0.2, -0.15) is 0 Å². The molecule has 3 heteroatoms. The van der Waals surface area contributed by atoms with E-state index in [1.165, 1.54) is 12.1 Å². The van der Waals surface area contributed by atoms with E-state index in [0.29, 0.717) is 16.9 Å². The normalized spacial score (nSPS) is 13.0. The van der Waals surface area contributed by atoms with Crippen molar-refractivity contribution in [2.24, 2.45) is 11.8 Å². The number of rotatable bonds is 7. The summed E-state index contributed by atoms with van der Waals surface area (Å²) >= 11 is 6.08. The van der Waals surface area contributed by atoms with Gasteiger partial charge in [-0.15, -0.1) is 0 Å². The van der Waals surface area contributed by atoms with Crippen LogP contribution < -0.4 is 5.32 Å². The highest BCUT2D eigenvalue weighted by Gasteiger charge is 2.15. The maximum atomic E-state index is 13.0. The van der Waals surface area contributed by atoms with Gasteiger partial charge in [-0.3, -0.25) is 0 Å². The Bertz CT molecular complexity index is 366. The van der Waals surface area contributed by atoms with Crippen molar-refractivity contribution in [2.45, 2.75) is 33.6 Å². The van der Waals surface area contributed by atoms with E-state index in [0.717, 1.165) is 31.5 Å². The minimum absolute atomic E-state index is 0.269. The maximum Gasteiger partial charge on any atom is 0.124 e. The molecule has 0 fully saturated rings. The predicted octanol–water partition coefficient (Wildman–Crippen LogP) is 4.29. The summed E-state index contributed by atoms with van der Waals surface area (Å²) in [7, 11) is 0. The summed E-state index contributed by atoms with van der Waals surface area (Å²) in [6.07, 6.45) is 2.04. The molecule has 0 amide bonds. The molecule has 1 aromatic rings. The van der Waals surface area contributed by atoms with Gasteiger partial charge in [0.05, 0.1) is 0 Å². The van der Waals surface area contributed by atoms with E-state index in [2.05, 4.69) is 26.1 Å². The molecule has 0 heterocycles. The zero-order valence-electron chi connectivity index (χ0n) is 11.5. The third kappa shape index (κ3) is 4.95. The largest absolute Gasteiger partial charge is 0.316 e. The average molecular weight is 272 g/mol. The molecule has 0 aliphatic heterocycles. The van der Waals surface area contributed by atoms with Crippen molar-refractivity contribution >= 4 is 11.6 Å². The van der Waals surface area contributed by atoms with Crippen molar-refractivity contribution in [3.63, 3.8) is 0 Å². The minimum Gasteiger partial charge on any atom is -0.316 e. The highest BCUT2D eigenvalue weighted by Crippen LogP contribution is 2.23. The zero-order chi connectivity index (χ0) is 13.5. The van der Waals surface area contributed by atoms with E-state index in [9.17, 15) is 4.39 Å². The van der Waals surface area contributed by atoms with Crippen LogP contribution in [-0.4, -0.2) is 13.1 Å². The Balaban J connectivity index is 2.64. The van der Waals surface area contributed by atoms with E-state index in [1.807, 2.05) is 0 Å². The van der Waals surface area contributed by atoms with E-state index in [1.54, 1.807) is 6.07 Å². The smallest absolute Gasteiger partial charge is 0.124 e. The standard InChI is InChI=1S/C15H23ClFN/c1-4-7-18-10-13(11(2)3)8-12-5-6-14(17)9-15(12)16/h5-6,9,11,13,18H,4,7-8,10H2,1-3H3. The van der Waals surface area contributed by atoms with E-state index in [4.69, 9.17) is 11.6 Å². The van der Waals surface area contributed by atoms with Crippen LogP contribution in [0.4, 0.5) is 4.39 Å². The number of nitrogens with one attached hydrogen (secondary N) is 1. The van der Waals surface area contributed by atoms with Crippen LogP contribution in [0.3, 0.4) is 0 Å². The molecule has 0 aliphatic rings. The summed E-state index contributed by atoms with van der Waals surface area (Å²) in [4.78, 5) is 0. The van der Waals surface area contributed by atoms with Crippen LogP contribution in [0, 0.1) is 17.7 Å². The van der Waals surface area contributed by atoms with Crippen molar-refractivity contribution in [2.75, 3.05) is 13.1 Å². The fourth-order valence-electron chi connectivity index (χ4n) is 1.98. The van der Waals surface area contributed by atoms with Gasteiger partial charge in [-0.05, 0) is 55.5 Å². The van der Waals surface area contributed by atoms with Gasteiger partial charge in [0.1, 0.15) is 5.82 Å². The molecule has 0 bridgehead atoms. The number of hydrogen-bond acceptors (Lipinski definition) is 1. The molecular formula is C15H23ClFN. The molecule has 0 saturated heterocycles. The van der Waals surface area contributed by atoms with E-state index >= 15 is 0 Å². The van der Waals surface area contributed by atoms with Gasteiger partial charge in [-0.25, -0.2) is 4.39 Å². The van der Waals surface area contributed by atoms with Crippen molar-refractivity contribution in [3.8, 4) is 0 Å². The summed E-state index contributed by atoms with van der Waals surface area (Å²) in [5, 5.41) is 3.99. The molecule has 1 N–H and O–H groups in total. The summed E-state index contributed by atoms with van der Waals surface area (Å²) in [6, 6.07) is 4.68. The fraction of sp³-hybridized carbons (Fsp3) is 0.600. The molecule has 1 atom stereocenters. The Morgan fingerprint density at radius 2 is 2.06 bits per heavy atom. The third-order valence-corrected chi connectivity index (χ3v) is 3.63. The molecule has 0 aromatic heterocycles. The monoisotopic (exact) mass is 271 g/mol. The highest BCUT2D eigenvalue weighted by molar-refractivity contribution is 6.31.